The average molecular weight is 260 g/mol. The van der Waals surface area contributed by atoms with Crippen LogP contribution in [-0.2, 0) is 6.54 Å². The molecule has 1 heterocycles. The normalized spacial score (nSPS) is 13.3. The predicted molar refractivity (Wildman–Crippen MR) is 80.2 cm³/mol. The summed E-state index contributed by atoms with van der Waals surface area (Å²) in [6.45, 7) is 9.57. The van der Waals surface area contributed by atoms with Crippen molar-refractivity contribution in [3.63, 3.8) is 0 Å². The molecule has 0 fully saturated rings. The molecule has 0 saturated heterocycles. The van der Waals surface area contributed by atoms with E-state index in [1.807, 2.05) is 18.4 Å². The highest BCUT2D eigenvalue weighted by molar-refractivity contribution is 5.80. The summed E-state index contributed by atoms with van der Waals surface area (Å²) < 4.78 is 5.54. The zero-order chi connectivity index (χ0) is 13.7. The zero-order valence-corrected chi connectivity index (χ0v) is 12.1. The van der Waals surface area contributed by atoms with Crippen LogP contribution in [0.5, 0.6) is 0 Å². The van der Waals surface area contributed by atoms with Gasteiger partial charge in [-0.3, -0.25) is 0 Å². The molecule has 2 aromatic rings. The number of nitrogens with one attached hydrogen (secondary N) is 2. The van der Waals surface area contributed by atoms with E-state index in [-0.39, 0.29) is 0 Å². The second kappa shape index (κ2) is 6.73. The monoisotopic (exact) mass is 260 g/mol. The van der Waals surface area contributed by atoms with E-state index < -0.39 is 0 Å². The van der Waals surface area contributed by atoms with Crippen molar-refractivity contribution in [3.8, 4) is 0 Å². The van der Waals surface area contributed by atoms with Crippen LogP contribution in [0.3, 0.4) is 0 Å². The van der Waals surface area contributed by atoms with E-state index >= 15 is 0 Å². The summed E-state index contributed by atoms with van der Waals surface area (Å²) in [7, 11) is 0. The van der Waals surface area contributed by atoms with Crippen LogP contribution in [0.4, 0.5) is 0 Å². The van der Waals surface area contributed by atoms with Crippen molar-refractivity contribution in [1.29, 1.82) is 0 Å². The number of fused-ring (bicyclic) bond motifs is 1. The van der Waals surface area contributed by atoms with Gasteiger partial charge >= 0.3 is 0 Å². The standard InChI is InChI=1S/C16H24N2O/c1-12(2)8-17-9-13(3)18-10-14-11-19-16-7-5-4-6-15(14)16/h4-7,11-13,17-18H,8-10H2,1-3H3. The Kier molecular flexibility index (Phi) is 5.00. The lowest BCUT2D eigenvalue weighted by Gasteiger charge is -2.15. The van der Waals surface area contributed by atoms with Gasteiger partial charge in [0, 0.05) is 30.1 Å². The van der Waals surface area contributed by atoms with Gasteiger partial charge in [-0.25, -0.2) is 0 Å². The van der Waals surface area contributed by atoms with Gasteiger partial charge in [-0.15, -0.1) is 0 Å². The summed E-state index contributed by atoms with van der Waals surface area (Å²) in [5.41, 5.74) is 2.19. The molecule has 0 saturated carbocycles. The predicted octanol–water partition coefficient (Wildman–Crippen LogP) is 3.16. The zero-order valence-electron chi connectivity index (χ0n) is 12.1. The molecule has 0 aliphatic rings. The van der Waals surface area contributed by atoms with Gasteiger partial charge in [0.05, 0.1) is 6.26 Å². The number of benzene rings is 1. The van der Waals surface area contributed by atoms with Crippen molar-refractivity contribution in [1.82, 2.24) is 10.6 Å². The van der Waals surface area contributed by atoms with E-state index in [0.717, 1.165) is 25.2 Å². The highest BCUT2D eigenvalue weighted by atomic mass is 16.3. The van der Waals surface area contributed by atoms with E-state index in [1.54, 1.807) is 0 Å². The van der Waals surface area contributed by atoms with Gasteiger partial charge in [-0.2, -0.15) is 0 Å². The maximum absolute atomic E-state index is 5.54. The molecule has 0 amide bonds. The molecule has 1 atom stereocenters. The Hall–Kier alpha value is -1.32. The molecule has 19 heavy (non-hydrogen) atoms. The lowest BCUT2D eigenvalue weighted by atomic mass is 10.1. The minimum absolute atomic E-state index is 0.451. The van der Waals surface area contributed by atoms with Crippen molar-refractivity contribution in [2.45, 2.75) is 33.4 Å². The molecule has 1 aromatic carbocycles. The SMILES string of the molecule is CC(C)CNCC(C)NCc1coc2ccccc12. The first-order valence-corrected chi connectivity index (χ1v) is 7.06. The third-order valence-corrected chi connectivity index (χ3v) is 3.21. The van der Waals surface area contributed by atoms with Gasteiger partial charge in [0.1, 0.15) is 5.58 Å². The Morgan fingerprint density at radius 1 is 1.11 bits per heavy atom. The summed E-state index contributed by atoms with van der Waals surface area (Å²) >= 11 is 0. The second-order valence-corrected chi connectivity index (χ2v) is 5.59. The van der Waals surface area contributed by atoms with Crippen LogP contribution < -0.4 is 10.6 Å². The summed E-state index contributed by atoms with van der Waals surface area (Å²) in [5, 5.41) is 8.20. The summed E-state index contributed by atoms with van der Waals surface area (Å²) in [6, 6.07) is 8.62. The third kappa shape index (κ3) is 4.08. The maximum atomic E-state index is 5.54. The Morgan fingerprint density at radius 3 is 2.68 bits per heavy atom. The Bertz CT molecular complexity index is 504. The van der Waals surface area contributed by atoms with Gasteiger partial charge < -0.3 is 15.1 Å². The molecular weight excluding hydrogens is 236 g/mol. The molecule has 2 rings (SSSR count). The molecule has 0 aliphatic carbocycles. The Labute approximate surface area is 115 Å². The van der Waals surface area contributed by atoms with Crippen molar-refractivity contribution < 1.29 is 4.42 Å². The molecule has 0 aliphatic heterocycles. The lowest BCUT2D eigenvalue weighted by Crippen LogP contribution is -2.37. The minimum atomic E-state index is 0.451. The van der Waals surface area contributed by atoms with Crippen LogP contribution in [0, 0.1) is 5.92 Å². The van der Waals surface area contributed by atoms with Gasteiger partial charge in [0.15, 0.2) is 0 Å². The van der Waals surface area contributed by atoms with Crippen molar-refractivity contribution in [2.24, 2.45) is 5.92 Å². The first kappa shape index (κ1) is 14.1. The lowest BCUT2D eigenvalue weighted by molar-refractivity contribution is 0.471. The van der Waals surface area contributed by atoms with Crippen molar-refractivity contribution in [2.75, 3.05) is 13.1 Å². The van der Waals surface area contributed by atoms with Gasteiger partial charge in [-0.05, 0) is 25.5 Å². The molecule has 0 radical (unpaired) electrons. The molecule has 0 spiro atoms. The number of rotatable bonds is 7. The fourth-order valence-electron chi connectivity index (χ4n) is 2.11. The second-order valence-electron chi connectivity index (χ2n) is 5.59. The number of hydrogen-bond donors (Lipinski definition) is 2. The van der Waals surface area contributed by atoms with E-state index in [4.69, 9.17) is 4.42 Å². The number of hydrogen-bond acceptors (Lipinski definition) is 3. The molecule has 1 unspecified atom stereocenters. The maximum Gasteiger partial charge on any atom is 0.134 e. The molecule has 1 aromatic heterocycles. The van der Waals surface area contributed by atoms with E-state index in [2.05, 4.69) is 43.5 Å². The summed E-state index contributed by atoms with van der Waals surface area (Å²) in [5.74, 6) is 0.699. The van der Waals surface area contributed by atoms with Gasteiger partial charge in [-0.1, -0.05) is 32.0 Å². The molecule has 104 valence electrons. The first-order valence-electron chi connectivity index (χ1n) is 7.06. The average Bonchev–Trinajstić information content (AvgIpc) is 2.79. The molecule has 3 nitrogen and oxygen atoms in total. The van der Waals surface area contributed by atoms with Crippen LogP contribution in [0.15, 0.2) is 34.9 Å². The molecule has 3 heteroatoms. The van der Waals surface area contributed by atoms with E-state index in [1.165, 1.54) is 10.9 Å². The highest BCUT2D eigenvalue weighted by Gasteiger charge is 2.07. The molecule has 0 bridgehead atoms. The quantitative estimate of drug-likeness (QED) is 0.803. The van der Waals surface area contributed by atoms with Crippen molar-refractivity contribution >= 4 is 11.0 Å². The largest absolute Gasteiger partial charge is 0.464 e. The number of para-hydroxylation sites is 1. The summed E-state index contributed by atoms with van der Waals surface area (Å²) in [6.07, 6.45) is 1.85. The topological polar surface area (TPSA) is 37.2 Å². The van der Waals surface area contributed by atoms with Crippen LogP contribution in [0.25, 0.3) is 11.0 Å². The van der Waals surface area contributed by atoms with Crippen LogP contribution in [0.1, 0.15) is 26.3 Å². The van der Waals surface area contributed by atoms with Crippen LogP contribution in [-0.4, -0.2) is 19.1 Å². The molecule has 2 N–H and O–H groups in total. The Balaban J connectivity index is 1.81. The van der Waals surface area contributed by atoms with Gasteiger partial charge in [0.25, 0.3) is 0 Å². The fourth-order valence-corrected chi connectivity index (χ4v) is 2.11. The fraction of sp³-hybridized carbons (Fsp3) is 0.500. The van der Waals surface area contributed by atoms with E-state index in [0.29, 0.717) is 12.0 Å². The summed E-state index contributed by atoms with van der Waals surface area (Å²) in [4.78, 5) is 0. The smallest absolute Gasteiger partial charge is 0.134 e. The highest BCUT2D eigenvalue weighted by Crippen LogP contribution is 2.20. The first-order chi connectivity index (χ1) is 9.16. The van der Waals surface area contributed by atoms with Crippen molar-refractivity contribution in [3.05, 3.63) is 36.1 Å². The minimum Gasteiger partial charge on any atom is -0.464 e. The van der Waals surface area contributed by atoms with Gasteiger partial charge in [0.2, 0.25) is 0 Å². The van der Waals surface area contributed by atoms with E-state index in [9.17, 15) is 0 Å². The number of furan rings is 1. The molecular formula is C16H24N2O. The third-order valence-electron chi connectivity index (χ3n) is 3.21. The van der Waals surface area contributed by atoms with Crippen LogP contribution >= 0.6 is 0 Å². The Morgan fingerprint density at radius 2 is 1.89 bits per heavy atom. The van der Waals surface area contributed by atoms with Crippen LogP contribution in [0.2, 0.25) is 0 Å².